The van der Waals surface area contributed by atoms with Gasteiger partial charge in [-0.1, -0.05) is 19.1 Å². The zero-order chi connectivity index (χ0) is 19.6. The number of carboxylic acids is 1. The summed E-state index contributed by atoms with van der Waals surface area (Å²) in [5.74, 6) is -0.343. The predicted molar refractivity (Wildman–Crippen MR) is 102 cm³/mol. The molecule has 2 N–H and O–H groups in total. The van der Waals surface area contributed by atoms with E-state index in [1.807, 2.05) is 4.90 Å². The zero-order valence-electron chi connectivity index (χ0n) is 15.9. The molecule has 1 unspecified atom stereocenters. The van der Waals surface area contributed by atoms with Gasteiger partial charge in [-0.25, -0.2) is 4.79 Å². The number of urea groups is 1. The summed E-state index contributed by atoms with van der Waals surface area (Å²) in [6, 6.07) is 6.63. The number of nitrogens with one attached hydrogen (secondary N) is 1. The number of hydrogen-bond acceptors (Lipinski definition) is 3. The van der Waals surface area contributed by atoms with Crippen molar-refractivity contribution in [3.63, 3.8) is 0 Å². The van der Waals surface area contributed by atoms with Crippen LogP contribution in [0.25, 0.3) is 0 Å². The normalized spacial score (nSPS) is 23.3. The number of anilines is 1. The molecule has 2 heterocycles. The van der Waals surface area contributed by atoms with E-state index in [1.165, 1.54) is 4.90 Å². The van der Waals surface area contributed by atoms with E-state index in [4.69, 9.17) is 0 Å². The first-order chi connectivity index (χ1) is 12.8. The van der Waals surface area contributed by atoms with Crippen molar-refractivity contribution in [1.29, 1.82) is 0 Å². The van der Waals surface area contributed by atoms with Gasteiger partial charge in [0.2, 0.25) is 0 Å². The highest BCUT2D eigenvalue weighted by atomic mass is 16.4. The third kappa shape index (κ3) is 4.07. The Labute approximate surface area is 159 Å². The fourth-order valence-electron chi connectivity index (χ4n) is 3.66. The number of carboxylic acid groups (broad SMARTS) is 1. The van der Waals surface area contributed by atoms with E-state index in [9.17, 15) is 19.5 Å². The van der Waals surface area contributed by atoms with E-state index in [-0.39, 0.29) is 18.5 Å². The summed E-state index contributed by atoms with van der Waals surface area (Å²) in [6.45, 7) is 5.84. The molecule has 146 valence electrons. The molecule has 0 aromatic heterocycles. The Hall–Kier alpha value is -2.57. The van der Waals surface area contributed by atoms with Gasteiger partial charge in [-0.3, -0.25) is 9.59 Å². The second-order valence-corrected chi connectivity index (χ2v) is 7.99. The summed E-state index contributed by atoms with van der Waals surface area (Å²) in [7, 11) is 0. The third-order valence-corrected chi connectivity index (χ3v) is 5.75. The molecule has 2 saturated heterocycles. The molecule has 0 bridgehead atoms. The van der Waals surface area contributed by atoms with Crippen molar-refractivity contribution >= 4 is 23.6 Å². The first kappa shape index (κ1) is 19.2. The summed E-state index contributed by atoms with van der Waals surface area (Å²) >= 11 is 0. The highest BCUT2D eigenvalue weighted by Gasteiger charge is 2.42. The lowest BCUT2D eigenvalue weighted by atomic mass is 9.90. The van der Waals surface area contributed by atoms with E-state index >= 15 is 0 Å². The van der Waals surface area contributed by atoms with Gasteiger partial charge >= 0.3 is 12.0 Å². The maximum atomic E-state index is 12.9. The molecule has 0 saturated carbocycles. The number of amides is 3. The second-order valence-electron chi connectivity index (χ2n) is 7.99. The molecule has 1 aromatic carbocycles. The van der Waals surface area contributed by atoms with Crippen LogP contribution in [-0.2, 0) is 4.79 Å². The molecule has 0 radical (unpaired) electrons. The fraction of sp³-hybridized carbons (Fsp3) is 0.550. The van der Waals surface area contributed by atoms with Gasteiger partial charge < -0.3 is 20.2 Å². The van der Waals surface area contributed by atoms with Gasteiger partial charge in [0.15, 0.2) is 0 Å². The first-order valence-corrected chi connectivity index (χ1v) is 9.48. The van der Waals surface area contributed by atoms with E-state index in [1.54, 1.807) is 31.2 Å². The molecule has 2 aliphatic heterocycles. The average Bonchev–Trinajstić information content (AvgIpc) is 3.06. The summed E-state index contributed by atoms with van der Waals surface area (Å²) < 4.78 is 0. The number of nitrogens with zero attached hydrogens (tertiary/aromatic N) is 2. The topological polar surface area (TPSA) is 90.0 Å². The van der Waals surface area contributed by atoms with Crippen LogP contribution in [0.15, 0.2) is 24.3 Å². The molecule has 0 aliphatic carbocycles. The van der Waals surface area contributed by atoms with Gasteiger partial charge in [-0.15, -0.1) is 0 Å². The van der Waals surface area contributed by atoms with Gasteiger partial charge in [-0.05, 0) is 44.2 Å². The van der Waals surface area contributed by atoms with Gasteiger partial charge in [0, 0.05) is 26.2 Å². The second kappa shape index (κ2) is 7.58. The molecule has 0 spiro atoms. The van der Waals surface area contributed by atoms with Crippen molar-refractivity contribution < 1.29 is 19.5 Å². The molecule has 2 aliphatic rings. The van der Waals surface area contributed by atoms with Crippen LogP contribution in [0, 0.1) is 11.3 Å². The molecule has 7 heteroatoms. The third-order valence-electron chi connectivity index (χ3n) is 5.75. The van der Waals surface area contributed by atoms with Gasteiger partial charge in [-0.2, -0.15) is 0 Å². The van der Waals surface area contributed by atoms with Gasteiger partial charge in [0.05, 0.1) is 16.7 Å². The Kier molecular flexibility index (Phi) is 5.39. The summed E-state index contributed by atoms with van der Waals surface area (Å²) in [5, 5.41) is 12.1. The lowest BCUT2D eigenvalue weighted by Crippen LogP contribution is -2.39. The number of piperidine rings is 1. The van der Waals surface area contributed by atoms with Crippen molar-refractivity contribution in [2.24, 2.45) is 11.3 Å². The minimum atomic E-state index is -0.919. The van der Waals surface area contributed by atoms with Gasteiger partial charge in [0.25, 0.3) is 5.91 Å². The number of aliphatic carboxylic acids is 1. The van der Waals surface area contributed by atoms with Crippen LogP contribution in [0.5, 0.6) is 0 Å². The molecule has 3 amide bonds. The molecule has 27 heavy (non-hydrogen) atoms. The van der Waals surface area contributed by atoms with Crippen molar-refractivity contribution in [3.8, 4) is 0 Å². The Balaban J connectivity index is 1.70. The maximum absolute atomic E-state index is 12.9. The molecular weight excluding hydrogens is 346 g/mol. The number of likely N-dealkylation sites (tertiary alicyclic amines) is 2. The molecule has 1 aromatic rings. The van der Waals surface area contributed by atoms with Crippen molar-refractivity contribution in [2.75, 3.05) is 31.5 Å². The summed E-state index contributed by atoms with van der Waals surface area (Å²) in [5.41, 5.74) is 0.0209. The SMILES string of the molecule is CC1CCN(C(=O)c2ccccc2NC(=O)N2CCC(C)(C(=O)O)C2)CC1. The Morgan fingerprint density at radius 3 is 2.41 bits per heavy atom. The van der Waals surface area contributed by atoms with Crippen LogP contribution in [-0.4, -0.2) is 59.0 Å². The standard InChI is InChI=1S/C20H27N3O4/c1-14-7-10-22(11-8-14)17(24)15-5-3-4-6-16(15)21-19(27)23-12-9-20(2,13-23)18(25)26/h3-6,14H,7-13H2,1-2H3,(H,21,27)(H,25,26). The first-order valence-electron chi connectivity index (χ1n) is 9.48. The molecule has 2 fully saturated rings. The van der Waals surface area contributed by atoms with E-state index in [2.05, 4.69) is 12.2 Å². The number of para-hydroxylation sites is 1. The van der Waals surface area contributed by atoms with Crippen LogP contribution >= 0.6 is 0 Å². The number of benzene rings is 1. The van der Waals surface area contributed by atoms with Crippen LogP contribution in [0.4, 0.5) is 10.5 Å². The lowest BCUT2D eigenvalue weighted by Gasteiger charge is -2.31. The van der Waals surface area contributed by atoms with E-state index in [0.717, 1.165) is 25.9 Å². The summed E-state index contributed by atoms with van der Waals surface area (Å²) in [6.07, 6.45) is 2.39. The quantitative estimate of drug-likeness (QED) is 0.852. The highest BCUT2D eigenvalue weighted by molar-refractivity contribution is 6.03. The lowest BCUT2D eigenvalue weighted by molar-refractivity contribution is -0.146. The largest absolute Gasteiger partial charge is 0.481 e. The monoisotopic (exact) mass is 373 g/mol. The fourth-order valence-corrected chi connectivity index (χ4v) is 3.66. The van der Waals surface area contributed by atoms with E-state index < -0.39 is 11.4 Å². The highest BCUT2D eigenvalue weighted by Crippen LogP contribution is 2.31. The van der Waals surface area contributed by atoms with Crippen LogP contribution < -0.4 is 5.32 Å². The molecule has 1 atom stereocenters. The minimum Gasteiger partial charge on any atom is -0.481 e. The number of carbonyl (C=O) groups is 3. The van der Waals surface area contributed by atoms with Crippen LogP contribution in [0.1, 0.15) is 43.5 Å². The number of rotatable bonds is 3. The Bertz CT molecular complexity index is 742. The molecular formula is C20H27N3O4. The van der Waals surface area contributed by atoms with Crippen LogP contribution in [0.3, 0.4) is 0 Å². The summed E-state index contributed by atoms with van der Waals surface area (Å²) in [4.78, 5) is 40.2. The predicted octanol–water partition coefficient (Wildman–Crippen LogP) is 2.89. The number of carbonyl (C=O) groups excluding carboxylic acids is 2. The van der Waals surface area contributed by atoms with Crippen molar-refractivity contribution in [2.45, 2.75) is 33.1 Å². The average molecular weight is 373 g/mol. The minimum absolute atomic E-state index is 0.0744. The number of hydrogen-bond donors (Lipinski definition) is 2. The Morgan fingerprint density at radius 2 is 1.78 bits per heavy atom. The zero-order valence-corrected chi connectivity index (χ0v) is 15.9. The van der Waals surface area contributed by atoms with E-state index in [0.29, 0.717) is 30.1 Å². The smallest absolute Gasteiger partial charge is 0.321 e. The van der Waals surface area contributed by atoms with Gasteiger partial charge in [0.1, 0.15) is 0 Å². The molecule has 7 nitrogen and oxygen atoms in total. The Morgan fingerprint density at radius 1 is 1.11 bits per heavy atom. The van der Waals surface area contributed by atoms with Crippen molar-refractivity contribution in [1.82, 2.24) is 9.80 Å². The van der Waals surface area contributed by atoms with Crippen LogP contribution in [0.2, 0.25) is 0 Å². The van der Waals surface area contributed by atoms with Crippen molar-refractivity contribution in [3.05, 3.63) is 29.8 Å². The maximum Gasteiger partial charge on any atom is 0.321 e. The molecule has 3 rings (SSSR count).